The molecule has 0 saturated carbocycles. The molecule has 18 aromatic rings. The first kappa shape index (κ1) is 59.6. The zero-order valence-electron chi connectivity index (χ0n) is 73.2. The lowest BCUT2D eigenvalue weighted by Gasteiger charge is -2.47. The van der Waals surface area contributed by atoms with Gasteiger partial charge in [-0.05, 0) is 201 Å². The van der Waals surface area contributed by atoms with Gasteiger partial charge in [0.05, 0.1) is 49.8 Å². The van der Waals surface area contributed by atoms with E-state index in [4.69, 9.17) is 2.74 Å². The van der Waals surface area contributed by atoms with Gasteiger partial charge in [-0.15, -0.1) is 0 Å². The maximum atomic E-state index is 9.97. The zero-order chi connectivity index (χ0) is 83.8. The Hall–Kier alpha value is -13.2. The second-order valence-electron chi connectivity index (χ2n) is 34.5. The minimum atomic E-state index is -0.649. The number of aromatic nitrogens is 2. The van der Waals surface area contributed by atoms with Crippen molar-refractivity contribution in [1.82, 2.24) is 9.13 Å². The summed E-state index contributed by atoms with van der Waals surface area (Å²) >= 11 is 0. The Morgan fingerprint density at radius 2 is 0.649 bits per heavy atom. The van der Waals surface area contributed by atoms with Crippen LogP contribution in [-0.2, 0) is 21.7 Å². The molecule has 1 spiro atoms. The molecule has 4 aliphatic rings. The van der Waals surface area contributed by atoms with Crippen LogP contribution in [0, 0.1) is 0 Å². The van der Waals surface area contributed by atoms with Gasteiger partial charge in [-0.1, -0.05) is 329 Å². The highest BCUT2D eigenvalue weighted by atomic mass is 15.2. The Morgan fingerprint density at radius 3 is 1.07 bits per heavy atom. The topological polar surface area (TPSA) is 16.3 Å². The molecule has 4 heterocycles. The van der Waals surface area contributed by atoms with Crippen LogP contribution in [0.2, 0.25) is 0 Å². The quantitative estimate of drug-likeness (QED) is 0.141. The monoisotopic (exact) mass is 1470 g/mol. The van der Waals surface area contributed by atoms with Crippen molar-refractivity contribution in [2.24, 2.45) is 0 Å². The van der Waals surface area contributed by atoms with Gasteiger partial charge in [0.1, 0.15) is 0 Å². The lowest BCUT2D eigenvalue weighted by molar-refractivity contribution is 0.590. The van der Waals surface area contributed by atoms with Gasteiger partial charge in [0.2, 0.25) is 0 Å². The first-order valence-electron chi connectivity index (χ1n) is 43.9. The number of hydrogen-bond acceptors (Lipinski definition) is 2. The highest BCUT2D eigenvalue weighted by Gasteiger charge is 2.54. The third-order valence-electron chi connectivity index (χ3n) is 25.0. The van der Waals surface area contributed by atoms with Gasteiger partial charge in [0.15, 0.2) is 0 Å². The third kappa shape index (κ3) is 9.84. The van der Waals surface area contributed by atoms with Crippen molar-refractivity contribution in [1.29, 1.82) is 0 Å². The third-order valence-corrected chi connectivity index (χ3v) is 25.0. The Morgan fingerprint density at radius 1 is 0.289 bits per heavy atom. The van der Waals surface area contributed by atoms with Gasteiger partial charge < -0.3 is 18.9 Å². The van der Waals surface area contributed by atoms with E-state index < -0.39 is 53.8 Å². The lowest BCUT2D eigenvalue weighted by atomic mass is 9.33. The van der Waals surface area contributed by atoms with Crippen LogP contribution >= 0.6 is 0 Å². The standard InChI is InChI=1S/C109H85BN4/c1-106(2,3)72-60-84(68-34-14-10-15-35-68)104(85(61-72)69-36-16-11-17-37-69)113-97-66-75(111-93-51-31-25-45-80(93)81-46-26-32-52-94(81)111)54-57-91(97)110-92-58-55-76(112-95-53-33-27-47-83(95)101-96(112)59-56-82-79-44-24-30-50-90(79)109(102(82)101)88-48-28-22-42-77(88)78-43-23-29-49-89(78)109)67-98(92)114(100-65-74(108(7,8)9)64-99(113)103(100)110)105-86(70-38-18-12-19-39-70)62-73(107(4,5)6)63-87(105)71-40-20-13-21-41-71/h10-67H,1-9H3/i25D,26D,31D,32D,45D,46D,51D,52D. The van der Waals surface area contributed by atoms with E-state index in [1.54, 1.807) is 4.57 Å². The predicted molar refractivity (Wildman–Crippen MR) is 483 cm³/mol. The number of rotatable bonds is 8. The van der Waals surface area contributed by atoms with E-state index >= 15 is 0 Å². The normalized spacial score (nSPS) is 14.7. The van der Waals surface area contributed by atoms with Gasteiger partial charge in [0, 0.05) is 77.9 Å². The SMILES string of the molecule is [2H]c1c([2H])c([2H])c2c(c1[2H])c1c([2H])c([2H])c([2H])c([2H])c1n2-c1ccc2c(c1)N(c1c(-c3ccccc3)cc(C(C)(C)C)cc1-c1ccccc1)c1cc(C(C)(C)C)cc3c1B2c1ccc(-n2c4ccccc4c4c5c(ccc42)-c2ccccc2C52c4ccccc4-c4ccccc42)cc1N3c1c(-c2ccccc2)cc(C(C)(C)C)cc1-c1ccccc1. The maximum Gasteiger partial charge on any atom is 0.252 e. The predicted octanol–water partition coefficient (Wildman–Crippen LogP) is 26.9. The Balaban J connectivity index is 0.919. The van der Waals surface area contributed by atoms with Crippen LogP contribution in [0.3, 0.4) is 0 Å². The van der Waals surface area contributed by atoms with E-state index in [-0.39, 0.29) is 44.7 Å². The molecule has 22 rings (SSSR count). The second kappa shape index (κ2) is 24.9. The van der Waals surface area contributed by atoms with Crippen molar-refractivity contribution >= 4 is 101 Å². The summed E-state index contributed by atoms with van der Waals surface area (Å²) in [6.45, 7) is 20.1. The number of benzene rings is 16. The smallest absolute Gasteiger partial charge is 0.252 e. The maximum absolute atomic E-state index is 9.97. The van der Waals surface area contributed by atoms with E-state index in [0.717, 1.165) is 128 Å². The summed E-state index contributed by atoms with van der Waals surface area (Å²) in [7, 11) is 0. The van der Waals surface area contributed by atoms with Crippen molar-refractivity contribution in [3.63, 3.8) is 0 Å². The molecular formula is C109H85BN4. The van der Waals surface area contributed by atoms with Gasteiger partial charge >= 0.3 is 0 Å². The molecule has 0 saturated heterocycles. The van der Waals surface area contributed by atoms with Crippen LogP contribution < -0.4 is 26.2 Å². The summed E-state index contributed by atoms with van der Waals surface area (Å²) in [4.78, 5) is 5.12. The van der Waals surface area contributed by atoms with Crippen LogP contribution in [0.5, 0.6) is 0 Å². The summed E-state index contributed by atoms with van der Waals surface area (Å²) in [6.07, 6.45) is 0. The molecule has 0 N–H and O–H groups in total. The molecule has 4 nitrogen and oxygen atoms in total. The molecule has 0 radical (unpaired) electrons. The van der Waals surface area contributed by atoms with Gasteiger partial charge in [0.25, 0.3) is 6.71 Å². The molecule has 0 unspecified atom stereocenters. The fourth-order valence-electron chi connectivity index (χ4n) is 19.7. The summed E-state index contributed by atoms with van der Waals surface area (Å²) in [5, 5.41) is 2.37. The lowest BCUT2D eigenvalue weighted by Crippen LogP contribution is -2.61. The largest absolute Gasteiger partial charge is 0.310 e. The summed E-state index contributed by atoms with van der Waals surface area (Å²) in [5.41, 5.74) is 32.0. The minimum absolute atomic E-state index is 0.0108. The van der Waals surface area contributed by atoms with Crippen LogP contribution in [0.1, 0.15) is 112 Å². The highest BCUT2D eigenvalue weighted by molar-refractivity contribution is 7.00. The van der Waals surface area contributed by atoms with Gasteiger partial charge in [-0.2, -0.15) is 0 Å². The van der Waals surface area contributed by atoms with Crippen LogP contribution in [-0.4, -0.2) is 15.8 Å². The molecule has 544 valence electrons. The first-order chi connectivity index (χ1) is 58.8. The van der Waals surface area contributed by atoms with Crippen molar-refractivity contribution in [2.75, 3.05) is 9.80 Å². The van der Waals surface area contributed by atoms with Gasteiger partial charge in [-0.25, -0.2) is 0 Å². The number of fused-ring (bicyclic) bond motifs is 21. The molecule has 114 heavy (non-hydrogen) atoms. The van der Waals surface area contributed by atoms with Crippen molar-refractivity contribution in [3.05, 3.63) is 391 Å². The van der Waals surface area contributed by atoms with E-state index in [0.29, 0.717) is 5.69 Å². The average Bonchev–Trinajstić information content (AvgIpc) is 1.47. The molecule has 2 aliphatic heterocycles. The molecule has 2 aromatic heterocycles. The van der Waals surface area contributed by atoms with E-state index in [9.17, 15) is 8.22 Å². The van der Waals surface area contributed by atoms with Crippen LogP contribution in [0.4, 0.5) is 34.1 Å². The number of nitrogens with zero attached hydrogens (tertiary/aromatic N) is 4. The molecule has 0 atom stereocenters. The molecule has 2 aliphatic carbocycles. The summed E-state index contributed by atoms with van der Waals surface area (Å²) < 4.78 is 80.6. The van der Waals surface area contributed by atoms with Crippen molar-refractivity contribution < 1.29 is 11.0 Å². The van der Waals surface area contributed by atoms with E-state index in [1.807, 2.05) is 6.07 Å². The number of para-hydroxylation sites is 3. The minimum Gasteiger partial charge on any atom is -0.310 e. The molecular weight excluding hydrogens is 1380 g/mol. The van der Waals surface area contributed by atoms with Gasteiger partial charge in [-0.3, -0.25) is 0 Å². The molecule has 0 bridgehead atoms. The van der Waals surface area contributed by atoms with E-state index in [1.165, 1.54) is 55.5 Å². The summed E-state index contributed by atoms with van der Waals surface area (Å²) in [6, 6.07) is 109. The molecule has 0 fully saturated rings. The average molecular weight is 1470 g/mol. The number of anilines is 6. The van der Waals surface area contributed by atoms with Crippen LogP contribution in [0.15, 0.2) is 352 Å². The summed E-state index contributed by atoms with van der Waals surface area (Å²) in [5.74, 6) is 0. The van der Waals surface area contributed by atoms with Crippen molar-refractivity contribution in [3.8, 4) is 78.1 Å². The molecule has 5 heteroatoms. The first-order valence-corrected chi connectivity index (χ1v) is 39.9. The Kier molecular flexibility index (Phi) is 13.0. The van der Waals surface area contributed by atoms with Crippen molar-refractivity contribution in [2.45, 2.75) is 84.0 Å². The van der Waals surface area contributed by atoms with E-state index in [2.05, 4.69) is 374 Å². The Labute approximate surface area is 679 Å². The fraction of sp³-hybridized carbons (Fsp3) is 0.119. The molecule has 16 aromatic carbocycles. The highest BCUT2D eigenvalue weighted by Crippen LogP contribution is 2.65. The second-order valence-corrected chi connectivity index (χ2v) is 34.5. The fourth-order valence-corrected chi connectivity index (χ4v) is 19.7. The van der Waals surface area contributed by atoms with Crippen LogP contribution in [0.25, 0.3) is 122 Å². The molecule has 0 amide bonds. The number of hydrogen-bond donors (Lipinski definition) is 0. The zero-order valence-corrected chi connectivity index (χ0v) is 65.2. The Bertz CT molecular complexity index is 7300.